The monoisotopic (exact) mass is 552 g/mol. The molecule has 1 saturated carbocycles. The zero-order valence-electron chi connectivity index (χ0n) is 22.1. The van der Waals surface area contributed by atoms with E-state index in [4.69, 9.17) is 4.52 Å². The molecule has 0 bridgehead atoms. The first-order chi connectivity index (χ1) is 17.2. The normalized spacial score (nSPS) is 23.6. The molecule has 37 heavy (non-hydrogen) atoms. The summed E-state index contributed by atoms with van der Waals surface area (Å²) in [5.41, 5.74) is -0.176. The molecule has 1 fully saturated rings. The first kappa shape index (κ1) is 27.7. The van der Waals surface area contributed by atoms with Gasteiger partial charge in [0.2, 0.25) is 10.0 Å². The van der Waals surface area contributed by atoms with E-state index in [1.807, 2.05) is 0 Å². The molecule has 10 nitrogen and oxygen atoms in total. The maximum absolute atomic E-state index is 14.0. The molecule has 2 aliphatic heterocycles. The van der Waals surface area contributed by atoms with Crippen molar-refractivity contribution in [2.24, 2.45) is 10.2 Å². The van der Waals surface area contributed by atoms with Gasteiger partial charge in [0.15, 0.2) is 5.84 Å². The second-order valence-corrected chi connectivity index (χ2v) is 14.9. The number of nitrogens with zero attached hydrogens (tertiary/aromatic N) is 2. The number of hydrogen-bond acceptors (Lipinski definition) is 7. The number of carbonyl (C=O) groups is 1. The summed E-state index contributed by atoms with van der Waals surface area (Å²) >= 11 is 0. The Morgan fingerprint density at radius 3 is 2.51 bits per heavy atom. The fourth-order valence-electron chi connectivity index (χ4n) is 5.28. The predicted molar refractivity (Wildman–Crippen MR) is 146 cm³/mol. The van der Waals surface area contributed by atoms with E-state index >= 15 is 0 Å². The lowest BCUT2D eigenvalue weighted by atomic mass is 9.79. The van der Waals surface area contributed by atoms with Gasteiger partial charge in [0.25, 0.3) is 5.91 Å². The molecular weight excluding hydrogens is 515 g/mol. The van der Waals surface area contributed by atoms with Gasteiger partial charge in [0, 0.05) is 12.2 Å². The second kappa shape index (κ2) is 9.75. The van der Waals surface area contributed by atoms with E-state index < -0.39 is 23.1 Å². The summed E-state index contributed by atoms with van der Waals surface area (Å²) in [6.45, 7) is 8.60. The molecule has 4 rings (SSSR count). The van der Waals surface area contributed by atoms with Crippen molar-refractivity contribution in [3.05, 3.63) is 29.5 Å². The summed E-state index contributed by atoms with van der Waals surface area (Å²) in [5, 5.41) is 14.9. The van der Waals surface area contributed by atoms with Crippen molar-refractivity contribution in [1.82, 2.24) is 4.90 Å². The molecule has 1 spiro atoms. The number of amidine groups is 1. The highest BCUT2D eigenvalue weighted by Crippen LogP contribution is 2.54. The Bertz CT molecular complexity index is 1310. The summed E-state index contributed by atoms with van der Waals surface area (Å²) in [7, 11) is -7.45. The van der Waals surface area contributed by atoms with E-state index in [9.17, 15) is 22.9 Å². The zero-order chi connectivity index (χ0) is 27.2. The molecule has 2 heterocycles. The summed E-state index contributed by atoms with van der Waals surface area (Å²) in [6, 6.07) is 4.51. The average molecular weight is 553 g/mol. The quantitative estimate of drug-likeness (QED) is 0.423. The van der Waals surface area contributed by atoms with Crippen molar-refractivity contribution in [3.8, 4) is 0 Å². The number of hydrogen-bond donors (Lipinski definition) is 3. The molecule has 3 aliphatic rings. The number of carbonyl (C=O) groups excluding carboxylic acids is 1. The lowest BCUT2D eigenvalue weighted by Crippen LogP contribution is -2.50. The highest BCUT2D eigenvalue weighted by atomic mass is 32.2. The van der Waals surface area contributed by atoms with Crippen LogP contribution in [0, 0.1) is 5.41 Å². The Morgan fingerprint density at radius 2 is 1.92 bits per heavy atom. The molecule has 3 N–H and O–H groups in total. The lowest BCUT2D eigenvalue weighted by Gasteiger charge is -2.42. The van der Waals surface area contributed by atoms with Gasteiger partial charge in [-0.15, -0.1) is 0 Å². The highest BCUT2D eigenvalue weighted by molar-refractivity contribution is 7.92. The lowest BCUT2D eigenvalue weighted by molar-refractivity contribution is -0.131. The van der Waals surface area contributed by atoms with Crippen molar-refractivity contribution in [3.63, 3.8) is 0 Å². The van der Waals surface area contributed by atoms with Crippen LogP contribution in [0.5, 0.6) is 0 Å². The molecule has 0 saturated heterocycles. The summed E-state index contributed by atoms with van der Waals surface area (Å²) < 4.78 is 49.8. The number of rotatable bonds is 7. The Hall–Kier alpha value is -2.36. The average Bonchev–Trinajstić information content (AvgIpc) is 2.97. The van der Waals surface area contributed by atoms with Crippen LogP contribution in [0.1, 0.15) is 66.2 Å². The highest BCUT2D eigenvalue weighted by Gasteiger charge is 2.54. The van der Waals surface area contributed by atoms with Crippen LogP contribution in [0.2, 0.25) is 0 Å². The maximum Gasteiger partial charge on any atom is 0.348 e. The molecule has 1 atom stereocenters. The van der Waals surface area contributed by atoms with Gasteiger partial charge in [-0.2, -0.15) is 4.76 Å². The fourth-order valence-corrected chi connectivity index (χ4v) is 7.64. The Balaban J connectivity index is 1.79. The number of nitrogens with one attached hydrogen (secondary N) is 2. The minimum Gasteiger partial charge on any atom is -0.509 e. The Morgan fingerprint density at radius 1 is 1.24 bits per heavy atom. The van der Waals surface area contributed by atoms with Gasteiger partial charge < -0.3 is 19.8 Å². The molecule has 204 valence electrons. The van der Waals surface area contributed by atoms with Crippen LogP contribution in [0.3, 0.4) is 0 Å². The number of anilines is 2. The topological polar surface area (TPSA) is 137 Å². The molecule has 0 aromatic heterocycles. The smallest absolute Gasteiger partial charge is 0.348 e. The SMILES string of the molecule is CCOP1(=O)N=C(C2=C(O)C3(CCCCC3)N(CCC(C)(C)C)C2=O)Nc2ccc(NS(C)(=O)=O)cc21. The van der Waals surface area contributed by atoms with E-state index in [1.165, 1.54) is 12.1 Å². The Kier molecular flexibility index (Phi) is 7.29. The first-order valence-electron chi connectivity index (χ1n) is 12.7. The van der Waals surface area contributed by atoms with Crippen LogP contribution in [0.25, 0.3) is 0 Å². The van der Waals surface area contributed by atoms with Crippen LogP contribution >= 0.6 is 7.52 Å². The van der Waals surface area contributed by atoms with Gasteiger partial charge in [-0.1, -0.05) is 40.0 Å². The molecule has 1 aromatic carbocycles. The molecule has 1 aromatic rings. The molecule has 12 heteroatoms. The standard InChI is InChI=1S/C25H37N4O6PS/c1-6-35-36(32)19-16-17(28-37(5,33)34)10-11-18(19)26-22(27-36)20-21(30)25(12-8-7-9-13-25)29(23(20)31)15-14-24(2,3)4/h10-11,16,28,30H,6-9,12-15H2,1-5H3,(H,26,27,32). The summed E-state index contributed by atoms with van der Waals surface area (Å²) in [6.07, 6.45) is 5.94. The number of sulfonamides is 1. The molecule has 1 aliphatic carbocycles. The van der Waals surface area contributed by atoms with E-state index in [2.05, 4.69) is 35.6 Å². The minimum absolute atomic E-state index is 0.00353. The van der Waals surface area contributed by atoms with Gasteiger partial charge in [0.1, 0.15) is 16.9 Å². The number of benzene rings is 1. The van der Waals surface area contributed by atoms with Crippen molar-refractivity contribution in [1.29, 1.82) is 0 Å². The number of aliphatic hydroxyl groups excluding tert-OH is 1. The zero-order valence-corrected chi connectivity index (χ0v) is 23.8. The van der Waals surface area contributed by atoms with E-state index in [-0.39, 0.29) is 46.1 Å². The van der Waals surface area contributed by atoms with E-state index in [0.717, 1.165) is 31.9 Å². The van der Waals surface area contributed by atoms with Crippen LogP contribution in [-0.2, 0) is 23.9 Å². The first-order valence-corrected chi connectivity index (χ1v) is 16.2. The van der Waals surface area contributed by atoms with Crippen LogP contribution in [0.15, 0.2) is 34.3 Å². The van der Waals surface area contributed by atoms with Crippen molar-refractivity contribution in [2.75, 3.05) is 29.4 Å². The molecule has 1 amide bonds. The largest absolute Gasteiger partial charge is 0.509 e. The van der Waals surface area contributed by atoms with Crippen LogP contribution in [0.4, 0.5) is 11.4 Å². The summed E-state index contributed by atoms with van der Waals surface area (Å²) in [4.78, 5) is 15.7. The molecule has 0 radical (unpaired) electrons. The molecular formula is C25H37N4O6PS. The van der Waals surface area contributed by atoms with Crippen molar-refractivity contribution in [2.45, 2.75) is 71.8 Å². The van der Waals surface area contributed by atoms with E-state index in [0.29, 0.717) is 25.1 Å². The van der Waals surface area contributed by atoms with Gasteiger partial charge >= 0.3 is 7.52 Å². The number of amides is 1. The fraction of sp³-hybridized carbons (Fsp3) is 0.600. The maximum atomic E-state index is 14.0. The van der Waals surface area contributed by atoms with Crippen LogP contribution in [-0.4, -0.2) is 55.1 Å². The third kappa shape index (κ3) is 5.45. The second-order valence-electron chi connectivity index (χ2n) is 11.2. The third-order valence-electron chi connectivity index (χ3n) is 7.05. The van der Waals surface area contributed by atoms with Gasteiger partial charge in [-0.05, 0) is 49.8 Å². The number of fused-ring (bicyclic) bond motifs is 1. The predicted octanol–water partition coefficient (Wildman–Crippen LogP) is 4.53. The van der Waals surface area contributed by atoms with Gasteiger partial charge in [-0.3, -0.25) is 14.1 Å². The van der Waals surface area contributed by atoms with Crippen molar-refractivity contribution < 1.29 is 27.4 Å². The van der Waals surface area contributed by atoms with Crippen molar-refractivity contribution >= 4 is 46.0 Å². The minimum atomic E-state index is -3.90. The summed E-state index contributed by atoms with van der Waals surface area (Å²) in [5.74, 6) is -0.352. The van der Waals surface area contributed by atoms with Crippen LogP contribution < -0.4 is 15.3 Å². The van der Waals surface area contributed by atoms with E-state index in [1.54, 1.807) is 17.9 Å². The molecule has 1 unspecified atom stereocenters. The van der Waals surface area contributed by atoms with Gasteiger partial charge in [0.05, 0.1) is 23.9 Å². The Labute approximate surface area is 219 Å². The third-order valence-corrected chi connectivity index (χ3v) is 9.71. The van der Waals surface area contributed by atoms with Gasteiger partial charge in [-0.25, -0.2) is 8.42 Å². The number of aliphatic hydroxyl groups is 1.